The van der Waals surface area contributed by atoms with Gasteiger partial charge in [-0.25, -0.2) is 0 Å². The molecule has 0 aliphatic carbocycles. The molecule has 1 aromatic heterocycles. The van der Waals surface area contributed by atoms with Crippen LogP contribution in [0.3, 0.4) is 0 Å². The molecule has 0 atom stereocenters. The molecule has 35 heavy (non-hydrogen) atoms. The highest BCUT2D eigenvalue weighted by atomic mass is 19.4. The van der Waals surface area contributed by atoms with Crippen LogP contribution in [0.5, 0.6) is 0 Å². The van der Waals surface area contributed by atoms with Crippen LogP contribution < -0.4 is 16.0 Å². The number of hydrogen-bond donors (Lipinski definition) is 3. The summed E-state index contributed by atoms with van der Waals surface area (Å²) in [6.07, 6.45) is -3.61. The second-order valence-electron chi connectivity index (χ2n) is 7.86. The van der Waals surface area contributed by atoms with Crippen molar-refractivity contribution in [1.29, 1.82) is 0 Å². The van der Waals surface area contributed by atoms with Gasteiger partial charge in [-0.15, -0.1) is 0 Å². The highest BCUT2D eigenvalue weighted by Crippen LogP contribution is 2.29. The Kier molecular flexibility index (Phi) is 7.77. The number of benzene rings is 3. The predicted octanol–water partition coefficient (Wildman–Crippen LogP) is 5.77. The van der Waals surface area contributed by atoms with Crippen LogP contribution in [0.4, 0.5) is 31.0 Å². The molecular weight excluding hydrogens is 453 g/mol. The van der Waals surface area contributed by atoms with Crippen molar-refractivity contribution in [1.82, 2.24) is 15.0 Å². The fourth-order valence-corrected chi connectivity index (χ4v) is 3.39. The summed E-state index contributed by atoms with van der Waals surface area (Å²) in [5, 5.41) is 9.41. The van der Waals surface area contributed by atoms with Crippen LogP contribution in [0.25, 0.3) is 0 Å². The molecule has 0 unspecified atom stereocenters. The number of halogens is 3. The predicted molar refractivity (Wildman–Crippen MR) is 131 cm³/mol. The first kappa shape index (κ1) is 24.0. The van der Waals surface area contributed by atoms with E-state index in [1.54, 1.807) is 6.07 Å². The van der Waals surface area contributed by atoms with Crippen molar-refractivity contribution >= 4 is 17.8 Å². The average Bonchev–Trinajstić information content (AvgIpc) is 2.87. The highest BCUT2D eigenvalue weighted by Gasteiger charge is 2.30. The maximum absolute atomic E-state index is 13.0. The molecule has 0 amide bonds. The normalized spacial score (nSPS) is 11.2. The topological polar surface area (TPSA) is 74.8 Å². The second kappa shape index (κ2) is 11.3. The van der Waals surface area contributed by atoms with Crippen molar-refractivity contribution in [2.24, 2.45) is 0 Å². The zero-order chi connectivity index (χ0) is 24.5. The quantitative estimate of drug-likeness (QED) is 0.269. The van der Waals surface area contributed by atoms with Gasteiger partial charge in [-0.1, -0.05) is 72.8 Å². The standard InChI is InChI=1S/C26H25F3N6/c27-26(28,29)22-13-7-12-21(16-22)18-32-25-34-23(30-15-14-19-8-3-1-4-9-19)33-24(35-25)31-17-20-10-5-2-6-11-20/h1-13,16H,14-15,17-18H2,(H3,30,31,32,33,34,35). The number of nitrogens with one attached hydrogen (secondary N) is 3. The molecule has 9 heteroatoms. The lowest BCUT2D eigenvalue weighted by atomic mass is 10.1. The number of nitrogens with zero attached hydrogens (tertiary/aromatic N) is 3. The molecule has 0 saturated carbocycles. The van der Waals surface area contributed by atoms with E-state index in [2.05, 4.69) is 30.9 Å². The van der Waals surface area contributed by atoms with E-state index in [0.29, 0.717) is 30.5 Å². The fraction of sp³-hybridized carbons (Fsp3) is 0.192. The Morgan fingerprint density at radius 3 is 1.69 bits per heavy atom. The largest absolute Gasteiger partial charge is 0.416 e. The van der Waals surface area contributed by atoms with Gasteiger partial charge in [-0.3, -0.25) is 0 Å². The van der Waals surface area contributed by atoms with Crippen molar-refractivity contribution < 1.29 is 13.2 Å². The summed E-state index contributed by atoms with van der Waals surface area (Å²) in [6, 6.07) is 25.0. The minimum atomic E-state index is -4.40. The van der Waals surface area contributed by atoms with E-state index in [1.807, 2.05) is 60.7 Å². The van der Waals surface area contributed by atoms with Crippen LogP contribution in [-0.4, -0.2) is 21.5 Å². The molecule has 1 heterocycles. The van der Waals surface area contributed by atoms with Crippen molar-refractivity contribution in [3.05, 3.63) is 107 Å². The maximum atomic E-state index is 13.0. The monoisotopic (exact) mass is 478 g/mol. The first-order valence-corrected chi connectivity index (χ1v) is 11.2. The molecule has 0 aliphatic heterocycles. The van der Waals surface area contributed by atoms with Crippen LogP contribution >= 0.6 is 0 Å². The van der Waals surface area contributed by atoms with Crippen LogP contribution in [0, 0.1) is 0 Å². The van der Waals surface area contributed by atoms with Gasteiger partial charge in [0.05, 0.1) is 5.56 Å². The molecule has 6 nitrogen and oxygen atoms in total. The molecular formula is C26H25F3N6. The average molecular weight is 479 g/mol. The molecule has 4 rings (SSSR count). The smallest absolute Gasteiger partial charge is 0.354 e. The van der Waals surface area contributed by atoms with E-state index in [0.717, 1.165) is 24.1 Å². The van der Waals surface area contributed by atoms with Crippen molar-refractivity contribution in [2.45, 2.75) is 25.7 Å². The third-order valence-corrected chi connectivity index (χ3v) is 5.17. The summed E-state index contributed by atoms with van der Waals surface area (Å²) in [5.41, 5.74) is 2.02. The molecule has 3 N–H and O–H groups in total. The molecule has 180 valence electrons. The van der Waals surface area contributed by atoms with Gasteiger partial charge in [-0.2, -0.15) is 28.1 Å². The summed E-state index contributed by atoms with van der Waals surface area (Å²) in [7, 11) is 0. The Bertz CT molecular complexity index is 1220. The lowest BCUT2D eigenvalue weighted by Gasteiger charge is -2.12. The lowest BCUT2D eigenvalue weighted by molar-refractivity contribution is -0.137. The Labute approximate surface area is 201 Å². The zero-order valence-corrected chi connectivity index (χ0v) is 18.9. The summed E-state index contributed by atoms with van der Waals surface area (Å²) >= 11 is 0. The molecule has 0 aliphatic rings. The van der Waals surface area contributed by atoms with E-state index in [9.17, 15) is 13.2 Å². The SMILES string of the molecule is FC(F)(F)c1cccc(CNc2nc(NCCc3ccccc3)nc(NCc3ccccc3)n2)c1. The van der Waals surface area contributed by atoms with Gasteiger partial charge in [0, 0.05) is 19.6 Å². The summed E-state index contributed by atoms with van der Waals surface area (Å²) in [5.74, 6) is 0.992. The van der Waals surface area contributed by atoms with Crippen molar-refractivity contribution in [3.8, 4) is 0 Å². The lowest BCUT2D eigenvalue weighted by Crippen LogP contribution is -2.14. The number of aromatic nitrogens is 3. The molecule has 0 radical (unpaired) electrons. The Morgan fingerprint density at radius 2 is 1.09 bits per heavy atom. The molecule has 0 fully saturated rings. The molecule has 3 aromatic carbocycles. The van der Waals surface area contributed by atoms with E-state index >= 15 is 0 Å². The molecule has 0 bridgehead atoms. The fourth-order valence-electron chi connectivity index (χ4n) is 3.39. The van der Waals surface area contributed by atoms with E-state index in [4.69, 9.17) is 0 Å². The third kappa shape index (κ3) is 7.43. The highest BCUT2D eigenvalue weighted by molar-refractivity contribution is 5.43. The van der Waals surface area contributed by atoms with Crippen molar-refractivity contribution in [3.63, 3.8) is 0 Å². The second-order valence-corrected chi connectivity index (χ2v) is 7.86. The Balaban J connectivity index is 1.46. The number of hydrogen-bond acceptors (Lipinski definition) is 6. The first-order chi connectivity index (χ1) is 17.0. The zero-order valence-electron chi connectivity index (χ0n) is 18.9. The van der Waals surface area contributed by atoms with E-state index < -0.39 is 11.7 Å². The Morgan fingerprint density at radius 1 is 0.571 bits per heavy atom. The first-order valence-electron chi connectivity index (χ1n) is 11.2. The maximum Gasteiger partial charge on any atom is 0.416 e. The van der Waals surface area contributed by atoms with Gasteiger partial charge in [-0.05, 0) is 35.2 Å². The number of alkyl halides is 3. The van der Waals surface area contributed by atoms with Gasteiger partial charge < -0.3 is 16.0 Å². The molecule has 0 spiro atoms. The number of rotatable bonds is 10. The van der Waals surface area contributed by atoms with Crippen LogP contribution in [0.15, 0.2) is 84.9 Å². The van der Waals surface area contributed by atoms with Gasteiger partial charge in [0.2, 0.25) is 17.8 Å². The van der Waals surface area contributed by atoms with Gasteiger partial charge in [0.1, 0.15) is 0 Å². The summed E-state index contributed by atoms with van der Waals surface area (Å²) in [4.78, 5) is 13.2. The summed E-state index contributed by atoms with van der Waals surface area (Å²) < 4.78 is 39.1. The Hall–Kier alpha value is -4.14. The summed E-state index contributed by atoms with van der Waals surface area (Å²) in [6.45, 7) is 1.26. The van der Waals surface area contributed by atoms with E-state index in [-0.39, 0.29) is 12.5 Å². The van der Waals surface area contributed by atoms with Crippen LogP contribution in [0.2, 0.25) is 0 Å². The van der Waals surface area contributed by atoms with E-state index in [1.165, 1.54) is 11.6 Å². The molecule has 0 saturated heterocycles. The minimum Gasteiger partial charge on any atom is -0.354 e. The van der Waals surface area contributed by atoms with Crippen LogP contribution in [0.1, 0.15) is 22.3 Å². The number of anilines is 3. The van der Waals surface area contributed by atoms with Crippen molar-refractivity contribution in [2.75, 3.05) is 22.5 Å². The van der Waals surface area contributed by atoms with Gasteiger partial charge >= 0.3 is 6.18 Å². The van der Waals surface area contributed by atoms with Gasteiger partial charge in [0.25, 0.3) is 0 Å². The van der Waals surface area contributed by atoms with Crippen LogP contribution in [-0.2, 0) is 25.7 Å². The van der Waals surface area contributed by atoms with Gasteiger partial charge in [0.15, 0.2) is 0 Å². The third-order valence-electron chi connectivity index (χ3n) is 5.17. The molecule has 4 aromatic rings. The minimum absolute atomic E-state index is 0.134.